The summed E-state index contributed by atoms with van der Waals surface area (Å²) >= 11 is 0. The minimum absolute atomic E-state index is 0.529. The molecule has 0 spiro atoms. The third-order valence-corrected chi connectivity index (χ3v) is 7.37. The van der Waals surface area contributed by atoms with Crippen molar-refractivity contribution in [2.75, 3.05) is 13.1 Å². The summed E-state index contributed by atoms with van der Waals surface area (Å²) in [7, 11) is 0. The summed E-state index contributed by atoms with van der Waals surface area (Å²) in [6, 6.07) is 0. The molecule has 0 amide bonds. The van der Waals surface area contributed by atoms with Gasteiger partial charge in [0.1, 0.15) is 0 Å². The molecule has 4 aliphatic carbocycles. The molecule has 4 bridgehead atoms. The maximum absolute atomic E-state index is 5.04. The average molecular weight is 303 g/mol. The topological polar surface area (TPSA) is 24.7 Å². The number of aliphatic imine (C=N–C) groups is 2. The minimum Gasteiger partial charge on any atom is -0.294 e. The molecule has 5 unspecified atom stereocenters. The van der Waals surface area contributed by atoms with Gasteiger partial charge in [0.15, 0.2) is 0 Å². The first-order chi connectivity index (χ1) is 10.4. The van der Waals surface area contributed by atoms with Crippen molar-refractivity contribution in [2.45, 2.75) is 60.8 Å². The predicted octanol–water partition coefficient (Wildman–Crippen LogP) is 4.88. The molecule has 0 saturated heterocycles. The Morgan fingerprint density at radius 2 is 1.64 bits per heavy atom. The second-order valence-electron chi connectivity index (χ2n) is 8.75. The van der Waals surface area contributed by atoms with Gasteiger partial charge in [-0.2, -0.15) is 0 Å². The van der Waals surface area contributed by atoms with E-state index in [2.05, 4.69) is 41.5 Å². The van der Waals surface area contributed by atoms with E-state index in [0.717, 1.165) is 36.8 Å². The zero-order chi connectivity index (χ0) is 16.1. The van der Waals surface area contributed by atoms with Crippen LogP contribution in [-0.4, -0.2) is 24.5 Å². The normalized spacial score (nSPS) is 40.7. The van der Waals surface area contributed by atoms with Crippen molar-refractivity contribution in [3.8, 4) is 0 Å². The van der Waals surface area contributed by atoms with Crippen molar-refractivity contribution in [2.24, 2.45) is 50.9 Å². The van der Waals surface area contributed by atoms with Crippen LogP contribution in [0.1, 0.15) is 60.8 Å². The van der Waals surface area contributed by atoms with Crippen molar-refractivity contribution in [3.63, 3.8) is 0 Å². The SMILES string of the molecule is CC(=NCC1C2CC3CCC2C31CN=C(C)C(C)C)C(C)C. The molecule has 22 heavy (non-hydrogen) atoms. The minimum atomic E-state index is 0.529. The highest BCUT2D eigenvalue weighted by Gasteiger charge is 2.72. The molecule has 5 atom stereocenters. The van der Waals surface area contributed by atoms with Crippen molar-refractivity contribution in [1.29, 1.82) is 0 Å². The molecule has 4 rings (SSSR count). The van der Waals surface area contributed by atoms with E-state index >= 15 is 0 Å². The van der Waals surface area contributed by atoms with Gasteiger partial charge in [-0.1, -0.05) is 27.7 Å². The van der Waals surface area contributed by atoms with Crippen LogP contribution in [0.4, 0.5) is 0 Å². The molecule has 4 fully saturated rings. The molecule has 2 nitrogen and oxygen atoms in total. The molecule has 0 heterocycles. The fourth-order valence-corrected chi connectivity index (χ4v) is 5.50. The van der Waals surface area contributed by atoms with Gasteiger partial charge in [0.2, 0.25) is 0 Å². The van der Waals surface area contributed by atoms with Crippen molar-refractivity contribution in [3.05, 3.63) is 0 Å². The molecule has 0 radical (unpaired) electrons. The summed E-state index contributed by atoms with van der Waals surface area (Å²) in [5, 5.41) is 0. The monoisotopic (exact) mass is 302 g/mol. The van der Waals surface area contributed by atoms with Crippen LogP contribution in [0, 0.1) is 40.9 Å². The molecule has 0 aromatic heterocycles. The molecule has 2 heteroatoms. The van der Waals surface area contributed by atoms with E-state index in [4.69, 9.17) is 9.98 Å². The summed E-state index contributed by atoms with van der Waals surface area (Å²) in [6.07, 6.45) is 4.40. The Morgan fingerprint density at radius 1 is 1.00 bits per heavy atom. The van der Waals surface area contributed by atoms with Crippen LogP contribution in [0.25, 0.3) is 0 Å². The van der Waals surface area contributed by atoms with Gasteiger partial charge in [0.05, 0.1) is 0 Å². The Morgan fingerprint density at radius 3 is 2.23 bits per heavy atom. The van der Waals surface area contributed by atoms with Crippen molar-refractivity contribution in [1.82, 2.24) is 0 Å². The zero-order valence-electron chi connectivity index (χ0n) is 15.4. The van der Waals surface area contributed by atoms with Crippen LogP contribution in [0.2, 0.25) is 0 Å². The van der Waals surface area contributed by atoms with Gasteiger partial charge in [0, 0.05) is 29.9 Å². The van der Waals surface area contributed by atoms with E-state index in [9.17, 15) is 0 Å². The molecule has 0 aromatic carbocycles. The molecule has 4 aliphatic rings. The number of hydrogen-bond donors (Lipinski definition) is 0. The lowest BCUT2D eigenvalue weighted by atomic mass is 9.53. The largest absolute Gasteiger partial charge is 0.294 e. The second kappa shape index (κ2) is 5.76. The smallest absolute Gasteiger partial charge is 0.0453 e. The van der Waals surface area contributed by atoms with E-state index < -0.39 is 0 Å². The van der Waals surface area contributed by atoms with E-state index in [1.807, 2.05) is 0 Å². The number of nitrogens with zero attached hydrogens (tertiary/aromatic N) is 2. The van der Waals surface area contributed by atoms with Gasteiger partial charge in [-0.05, 0) is 68.6 Å². The fourth-order valence-electron chi connectivity index (χ4n) is 5.50. The fraction of sp³-hybridized carbons (Fsp3) is 0.900. The van der Waals surface area contributed by atoms with Crippen molar-refractivity contribution >= 4 is 11.4 Å². The lowest BCUT2D eigenvalue weighted by Gasteiger charge is -2.52. The van der Waals surface area contributed by atoms with Crippen LogP contribution in [0.15, 0.2) is 9.98 Å². The second-order valence-corrected chi connectivity index (χ2v) is 8.75. The lowest BCUT2D eigenvalue weighted by molar-refractivity contribution is -0.0343. The van der Waals surface area contributed by atoms with Crippen molar-refractivity contribution < 1.29 is 0 Å². The highest BCUT2D eigenvalue weighted by molar-refractivity contribution is 5.84. The summed E-state index contributed by atoms with van der Waals surface area (Å²) in [6.45, 7) is 15.6. The first-order valence-electron chi connectivity index (χ1n) is 9.39. The summed E-state index contributed by atoms with van der Waals surface area (Å²) in [4.78, 5) is 10.00. The number of rotatable bonds is 6. The van der Waals surface area contributed by atoms with E-state index in [-0.39, 0.29) is 0 Å². The molecule has 4 saturated carbocycles. The first-order valence-corrected chi connectivity index (χ1v) is 9.39. The summed E-state index contributed by atoms with van der Waals surface area (Å²) in [5.41, 5.74) is 3.20. The third-order valence-electron chi connectivity index (χ3n) is 7.37. The molecular formula is C20H34N2. The molecule has 0 N–H and O–H groups in total. The Bertz CT molecular complexity index is 480. The highest BCUT2D eigenvalue weighted by atomic mass is 14.9. The van der Waals surface area contributed by atoms with Crippen LogP contribution in [-0.2, 0) is 0 Å². The van der Waals surface area contributed by atoms with E-state index in [1.54, 1.807) is 0 Å². The third kappa shape index (κ3) is 2.29. The van der Waals surface area contributed by atoms with Gasteiger partial charge >= 0.3 is 0 Å². The Balaban J connectivity index is 1.75. The van der Waals surface area contributed by atoms with Gasteiger partial charge in [0.25, 0.3) is 0 Å². The van der Waals surface area contributed by atoms with Gasteiger partial charge < -0.3 is 0 Å². The van der Waals surface area contributed by atoms with Gasteiger partial charge in [-0.25, -0.2) is 0 Å². The van der Waals surface area contributed by atoms with Crippen LogP contribution in [0.5, 0.6) is 0 Å². The Kier molecular flexibility index (Phi) is 4.24. The summed E-state index contributed by atoms with van der Waals surface area (Å²) in [5.74, 6) is 4.89. The zero-order valence-corrected chi connectivity index (χ0v) is 15.4. The lowest BCUT2D eigenvalue weighted by Crippen LogP contribution is -2.52. The van der Waals surface area contributed by atoms with Gasteiger partial charge in [-0.15, -0.1) is 0 Å². The average Bonchev–Trinajstić information content (AvgIpc) is 3.05. The molecule has 0 aliphatic heterocycles. The Labute approximate surface area is 136 Å². The maximum atomic E-state index is 5.04. The first kappa shape index (κ1) is 16.2. The van der Waals surface area contributed by atoms with Crippen LogP contribution >= 0.6 is 0 Å². The van der Waals surface area contributed by atoms with E-state index in [1.165, 1.54) is 30.7 Å². The quantitative estimate of drug-likeness (QED) is 0.625. The highest BCUT2D eigenvalue weighted by Crippen LogP contribution is 2.76. The summed E-state index contributed by atoms with van der Waals surface area (Å²) < 4.78 is 0. The molecule has 0 aromatic rings. The van der Waals surface area contributed by atoms with Crippen LogP contribution < -0.4 is 0 Å². The van der Waals surface area contributed by atoms with Crippen LogP contribution in [0.3, 0.4) is 0 Å². The predicted molar refractivity (Wildman–Crippen MR) is 95.9 cm³/mol. The maximum Gasteiger partial charge on any atom is 0.0453 e. The van der Waals surface area contributed by atoms with Gasteiger partial charge in [-0.3, -0.25) is 9.98 Å². The molecular weight excluding hydrogens is 268 g/mol. The number of hydrogen-bond acceptors (Lipinski definition) is 2. The Hall–Kier alpha value is -0.660. The molecule has 124 valence electrons. The van der Waals surface area contributed by atoms with E-state index in [0.29, 0.717) is 17.3 Å². The standard InChI is InChI=1S/C20H34N2/c1-12(2)14(5)21-10-19-17-9-16-7-8-18(17)20(16,19)11-22-15(6)13(3)4/h12-13,16-19H,7-11H2,1-6H3.